The van der Waals surface area contributed by atoms with Crippen LogP contribution in [-0.2, 0) is 19.1 Å². The van der Waals surface area contributed by atoms with Crippen LogP contribution in [-0.4, -0.2) is 68.8 Å². The number of hydrogen-bond donors (Lipinski definition) is 0. The first-order chi connectivity index (χ1) is 7.40. The maximum atomic E-state index is 11.5. The molecule has 2 amide bonds. The molecule has 0 saturated carbocycles. The van der Waals surface area contributed by atoms with Gasteiger partial charge in [-0.15, -0.1) is 0 Å². The number of ketones is 1. The molecule has 0 aromatic heterocycles. The largest absolute Gasteiger partial charge is 0.383 e. The Labute approximate surface area is 95.1 Å². The predicted octanol–water partition coefficient (Wildman–Crippen LogP) is -0.861. The van der Waals surface area contributed by atoms with E-state index in [1.807, 2.05) is 0 Å². The summed E-state index contributed by atoms with van der Waals surface area (Å²) in [4.78, 5) is 36.5. The number of amides is 2. The van der Waals surface area contributed by atoms with Crippen LogP contribution in [0.25, 0.3) is 0 Å². The second-order valence-corrected chi connectivity index (χ2v) is 3.61. The quantitative estimate of drug-likeness (QED) is 0.440. The molecule has 0 aliphatic carbocycles. The average molecular weight is 230 g/mol. The van der Waals surface area contributed by atoms with Crippen LogP contribution in [0, 0.1) is 0 Å². The Morgan fingerprint density at radius 2 is 1.69 bits per heavy atom. The summed E-state index contributed by atoms with van der Waals surface area (Å²) in [5.41, 5.74) is 0. The summed E-state index contributed by atoms with van der Waals surface area (Å²) in [5.74, 6) is -1.73. The van der Waals surface area contributed by atoms with Gasteiger partial charge in [0.2, 0.25) is 11.7 Å². The molecule has 0 bridgehead atoms. The van der Waals surface area contributed by atoms with Crippen LogP contribution in [0.4, 0.5) is 0 Å². The highest BCUT2D eigenvalue weighted by molar-refractivity contribution is 6.39. The Kier molecular flexibility index (Phi) is 6.32. The SMILES string of the molecule is COCCN(C)C(=O)CC(=O)C(=O)N(C)C. The first-order valence-corrected chi connectivity index (χ1v) is 4.87. The molecule has 0 heterocycles. The molecule has 0 unspecified atom stereocenters. The summed E-state index contributed by atoms with van der Waals surface area (Å²) >= 11 is 0. The van der Waals surface area contributed by atoms with Crippen molar-refractivity contribution in [1.29, 1.82) is 0 Å². The van der Waals surface area contributed by atoms with Gasteiger partial charge in [-0.2, -0.15) is 0 Å². The van der Waals surface area contributed by atoms with E-state index in [9.17, 15) is 14.4 Å². The third-order valence-corrected chi connectivity index (χ3v) is 2.01. The summed E-state index contributed by atoms with van der Waals surface area (Å²) in [6, 6.07) is 0. The number of carbonyl (C=O) groups is 3. The van der Waals surface area contributed by atoms with Crippen molar-refractivity contribution in [1.82, 2.24) is 9.80 Å². The summed E-state index contributed by atoms with van der Waals surface area (Å²) in [6.07, 6.45) is -0.392. The van der Waals surface area contributed by atoms with Gasteiger partial charge >= 0.3 is 0 Å². The maximum absolute atomic E-state index is 11.5. The van der Waals surface area contributed by atoms with Crippen LogP contribution < -0.4 is 0 Å². The lowest BCUT2D eigenvalue weighted by Crippen LogP contribution is -2.36. The summed E-state index contributed by atoms with van der Waals surface area (Å²) in [7, 11) is 6.03. The Morgan fingerprint density at radius 3 is 2.12 bits per heavy atom. The third-order valence-electron chi connectivity index (χ3n) is 2.01. The Hall–Kier alpha value is -1.43. The predicted molar refractivity (Wildman–Crippen MR) is 57.8 cm³/mol. The molecule has 0 saturated heterocycles. The van der Waals surface area contributed by atoms with Gasteiger partial charge in [0, 0.05) is 34.8 Å². The van der Waals surface area contributed by atoms with Gasteiger partial charge in [-0.1, -0.05) is 0 Å². The molecule has 6 nitrogen and oxygen atoms in total. The molecule has 0 N–H and O–H groups in total. The van der Waals surface area contributed by atoms with Crippen LogP contribution in [0.2, 0.25) is 0 Å². The Bertz CT molecular complexity index is 276. The minimum atomic E-state index is -0.695. The molecule has 16 heavy (non-hydrogen) atoms. The standard InChI is InChI=1S/C10H18N2O4/c1-11(2)10(15)8(13)7-9(14)12(3)5-6-16-4/h5-7H2,1-4H3. The fourth-order valence-electron chi connectivity index (χ4n) is 0.950. The number of ether oxygens (including phenoxy) is 1. The van der Waals surface area contributed by atoms with Crippen molar-refractivity contribution in [3.63, 3.8) is 0 Å². The molecule has 0 atom stereocenters. The molecule has 0 rings (SSSR count). The molecule has 0 aliphatic heterocycles. The molecule has 0 aromatic rings. The summed E-state index contributed by atoms with van der Waals surface area (Å²) < 4.78 is 4.80. The van der Waals surface area contributed by atoms with E-state index < -0.39 is 18.1 Å². The highest BCUT2D eigenvalue weighted by Gasteiger charge is 2.21. The lowest BCUT2D eigenvalue weighted by molar-refractivity contribution is -0.146. The topological polar surface area (TPSA) is 66.9 Å². The van der Waals surface area contributed by atoms with Gasteiger partial charge in [0.1, 0.15) is 0 Å². The van der Waals surface area contributed by atoms with Crippen LogP contribution in [0.3, 0.4) is 0 Å². The van der Waals surface area contributed by atoms with Crippen LogP contribution >= 0.6 is 0 Å². The van der Waals surface area contributed by atoms with Crippen LogP contribution in [0.15, 0.2) is 0 Å². The number of hydrogen-bond acceptors (Lipinski definition) is 4. The van der Waals surface area contributed by atoms with Crippen molar-refractivity contribution in [3.05, 3.63) is 0 Å². The Morgan fingerprint density at radius 1 is 1.12 bits per heavy atom. The van der Waals surface area contributed by atoms with E-state index >= 15 is 0 Å². The number of rotatable bonds is 6. The first kappa shape index (κ1) is 14.6. The van der Waals surface area contributed by atoms with E-state index in [1.165, 1.54) is 26.1 Å². The van der Waals surface area contributed by atoms with Crippen LogP contribution in [0.1, 0.15) is 6.42 Å². The van der Waals surface area contributed by atoms with Crippen LogP contribution in [0.5, 0.6) is 0 Å². The second-order valence-electron chi connectivity index (χ2n) is 3.61. The molecule has 0 fully saturated rings. The molecule has 0 aliphatic rings. The number of carbonyl (C=O) groups excluding carboxylic acids is 3. The van der Waals surface area contributed by atoms with E-state index in [2.05, 4.69) is 0 Å². The third kappa shape index (κ3) is 4.88. The second kappa shape index (κ2) is 6.95. The van der Waals surface area contributed by atoms with Gasteiger partial charge in [-0.05, 0) is 0 Å². The molecule has 0 aromatic carbocycles. The normalized spacial score (nSPS) is 9.75. The fraction of sp³-hybridized carbons (Fsp3) is 0.700. The van der Waals surface area contributed by atoms with E-state index in [0.29, 0.717) is 13.2 Å². The van der Waals surface area contributed by atoms with E-state index in [4.69, 9.17) is 4.74 Å². The summed E-state index contributed by atoms with van der Waals surface area (Å²) in [6.45, 7) is 0.802. The van der Waals surface area contributed by atoms with Gasteiger partial charge in [0.05, 0.1) is 13.0 Å². The highest BCUT2D eigenvalue weighted by atomic mass is 16.5. The smallest absolute Gasteiger partial charge is 0.289 e. The number of likely N-dealkylation sites (N-methyl/N-ethyl adjacent to an activating group) is 2. The highest BCUT2D eigenvalue weighted by Crippen LogP contribution is 1.95. The minimum Gasteiger partial charge on any atom is -0.383 e. The Balaban J connectivity index is 4.14. The fourth-order valence-corrected chi connectivity index (χ4v) is 0.950. The van der Waals surface area contributed by atoms with Crippen molar-refractivity contribution in [2.75, 3.05) is 41.4 Å². The number of nitrogens with zero attached hydrogens (tertiary/aromatic N) is 2. The molecular weight excluding hydrogens is 212 g/mol. The molecule has 0 spiro atoms. The monoisotopic (exact) mass is 230 g/mol. The molecular formula is C10H18N2O4. The zero-order chi connectivity index (χ0) is 12.7. The average Bonchev–Trinajstić information content (AvgIpc) is 2.24. The van der Waals surface area contributed by atoms with Gasteiger partial charge in [-0.3, -0.25) is 14.4 Å². The van der Waals surface area contributed by atoms with Crippen molar-refractivity contribution in [3.8, 4) is 0 Å². The first-order valence-electron chi connectivity index (χ1n) is 4.87. The lowest BCUT2D eigenvalue weighted by atomic mass is 10.2. The maximum Gasteiger partial charge on any atom is 0.289 e. The summed E-state index contributed by atoms with van der Waals surface area (Å²) in [5, 5.41) is 0. The van der Waals surface area contributed by atoms with Crippen molar-refractivity contribution in [2.45, 2.75) is 6.42 Å². The van der Waals surface area contributed by atoms with E-state index in [0.717, 1.165) is 4.90 Å². The molecule has 0 radical (unpaired) electrons. The van der Waals surface area contributed by atoms with Gasteiger partial charge in [-0.25, -0.2) is 0 Å². The molecule has 92 valence electrons. The van der Waals surface area contributed by atoms with Gasteiger partial charge in [0.25, 0.3) is 5.91 Å². The number of methoxy groups -OCH3 is 1. The van der Waals surface area contributed by atoms with E-state index in [-0.39, 0.29) is 5.91 Å². The zero-order valence-corrected chi connectivity index (χ0v) is 10.1. The van der Waals surface area contributed by atoms with Crippen molar-refractivity contribution >= 4 is 17.6 Å². The van der Waals surface area contributed by atoms with Crippen molar-refractivity contribution < 1.29 is 19.1 Å². The number of Topliss-reactive ketones (excluding diaryl/α,β-unsaturated/α-hetero) is 1. The lowest BCUT2D eigenvalue weighted by Gasteiger charge is -2.16. The molecule has 6 heteroatoms. The van der Waals surface area contributed by atoms with Gasteiger partial charge < -0.3 is 14.5 Å². The van der Waals surface area contributed by atoms with E-state index in [1.54, 1.807) is 7.05 Å². The minimum absolute atomic E-state index is 0.378. The van der Waals surface area contributed by atoms with Crippen molar-refractivity contribution in [2.24, 2.45) is 0 Å². The zero-order valence-electron chi connectivity index (χ0n) is 10.1. The van der Waals surface area contributed by atoms with Gasteiger partial charge in [0.15, 0.2) is 0 Å².